The molecule has 2 aliphatic rings. The van der Waals surface area contributed by atoms with Gasteiger partial charge in [-0.25, -0.2) is 9.18 Å². The number of carbonyl (C=O) groups is 2. The minimum absolute atomic E-state index is 0.00592. The molecule has 0 spiro atoms. The van der Waals surface area contributed by atoms with Gasteiger partial charge in [0.15, 0.2) is 5.72 Å². The highest BCUT2D eigenvalue weighted by atomic mass is 32.2. The van der Waals surface area contributed by atoms with E-state index >= 15 is 0 Å². The number of nitrogens with zero attached hydrogens (tertiary/aromatic N) is 2. The van der Waals surface area contributed by atoms with Gasteiger partial charge in [-0.05, 0) is 29.8 Å². The topological polar surface area (TPSA) is 90.6 Å². The number of allylic oxidation sites excluding steroid dienone is 1. The first-order valence-electron chi connectivity index (χ1n) is 9.16. The number of thioether (sulfide) groups is 1. The minimum Gasteiger partial charge on any atom is -0.465 e. The lowest BCUT2D eigenvalue weighted by Crippen LogP contribution is -2.48. The number of amides is 1. The third-order valence-corrected chi connectivity index (χ3v) is 6.57. The van der Waals surface area contributed by atoms with Crippen molar-refractivity contribution in [2.24, 2.45) is 0 Å². The lowest BCUT2D eigenvalue weighted by atomic mass is 9.85. The van der Waals surface area contributed by atoms with Gasteiger partial charge in [-0.15, -0.1) is 11.8 Å². The Hall–Kier alpha value is -3.15. The van der Waals surface area contributed by atoms with E-state index in [0.717, 1.165) is 5.56 Å². The summed E-state index contributed by atoms with van der Waals surface area (Å²) in [6.07, 6.45) is -0.00592. The first kappa shape index (κ1) is 20.1. The van der Waals surface area contributed by atoms with Crippen LogP contribution in [0.1, 0.15) is 33.8 Å². The molecule has 4 rings (SSSR count). The molecule has 0 bridgehead atoms. The number of hydrogen-bond donors (Lipinski definition) is 1. The molecular formula is C22H17FN2O4S. The van der Waals surface area contributed by atoms with Gasteiger partial charge in [-0.2, -0.15) is 5.26 Å². The van der Waals surface area contributed by atoms with Gasteiger partial charge in [-0.1, -0.05) is 24.3 Å². The van der Waals surface area contributed by atoms with E-state index in [1.807, 2.05) is 0 Å². The lowest BCUT2D eigenvalue weighted by Gasteiger charge is -2.38. The highest BCUT2D eigenvalue weighted by Crippen LogP contribution is 2.51. The van der Waals surface area contributed by atoms with Crippen molar-refractivity contribution in [2.45, 2.75) is 18.1 Å². The van der Waals surface area contributed by atoms with Crippen LogP contribution in [0.15, 0.2) is 59.1 Å². The molecular weight excluding hydrogens is 407 g/mol. The van der Waals surface area contributed by atoms with Crippen LogP contribution in [0.2, 0.25) is 0 Å². The van der Waals surface area contributed by atoms with Crippen molar-refractivity contribution >= 4 is 23.6 Å². The van der Waals surface area contributed by atoms with Crippen molar-refractivity contribution in [3.05, 3.63) is 81.6 Å². The molecule has 0 aliphatic carbocycles. The Morgan fingerprint density at radius 2 is 1.93 bits per heavy atom. The molecule has 1 N–H and O–H groups in total. The number of aliphatic hydroxyl groups is 1. The van der Waals surface area contributed by atoms with Crippen LogP contribution in [0.3, 0.4) is 0 Å². The van der Waals surface area contributed by atoms with Crippen LogP contribution >= 0.6 is 11.8 Å². The Bertz CT molecular complexity index is 1090. The van der Waals surface area contributed by atoms with Crippen LogP contribution in [0.25, 0.3) is 0 Å². The molecule has 2 aliphatic heterocycles. The maximum absolute atomic E-state index is 13.3. The van der Waals surface area contributed by atoms with Crippen LogP contribution in [-0.4, -0.2) is 34.7 Å². The number of carbonyl (C=O) groups excluding carboxylic acids is 2. The average Bonchev–Trinajstić information content (AvgIpc) is 3.12. The number of rotatable bonds is 3. The number of methoxy groups -OCH3 is 1. The van der Waals surface area contributed by atoms with Crippen LogP contribution in [0.5, 0.6) is 0 Å². The predicted octanol–water partition coefficient (Wildman–Crippen LogP) is 3.26. The van der Waals surface area contributed by atoms with Crippen LogP contribution in [-0.2, 0) is 15.3 Å². The monoisotopic (exact) mass is 424 g/mol. The summed E-state index contributed by atoms with van der Waals surface area (Å²) in [6.45, 7) is 0. The van der Waals surface area contributed by atoms with Crippen molar-refractivity contribution in [1.82, 2.24) is 4.90 Å². The van der Waals surface area contributed by atoms with Crippen molar-refractivity contribution in [2.75, 3.05) is 12.9 Å². The van der Waals surface area contributed by atoms with Gasteiger partial charge in [0.25, 0.3) is 0 Å². The molecule has 6 nitrogen and oxygen atoms in total. The Labute approximate surface area is 176 Å². The molecule has 2 heterocycles. The van der Waals surface area contributed by atoms with Gasteiger partial charge < -0.3 is 9.84 Å². The van der Waals surface area contributed by atoms with Gasteiger partial charge in [0, 0.05) is 17.9 Å². The fraction of sp³-hybridized carbons (Fsp3) is 0.227. The number of hydrogen-bond acceptors (Lipinski definition) is 6. The summed E-state index contributed by atoms with van der Waals surface area (Å²) in [4.78, 5) is 26.0. The molecule has 0 unspecified atom stereocenters. The number of benzene rings is 2. The van der Waals surface area contributed by atoms with Gasteiger partial charge >= 0.3 is 5.97 Å². The van der Waals surface area contributed by atoms with Gasteiger partial charge in [0.2, 0.25) is 5.91 Å². The summed E-state index contributed by atoms with van der Waals surface area (Å²) in [6, 6.07) is 14.1. The van der Waals surface area contributed by atoms with Crippen LogP contribution < -0.4 is 0 Å². The molecule has 1 fully saturated rings. The second-order valence-corrected chi connectivity index (χ2v) is 8.01. The molecule has 30 heavy (non-hydrogen) atoms. The van der Waals surface area contributed by atoms with Crippen molar-refractivity contribution in [3.63, 3.8) is 0 Å². The summed E-state index contributed by atoms with van der Waals surface area (Å²) >= 11 is 1.22. The standard InChI is InChI=1S/C22H17FN2O4S/c1-29-21(27)14-4-2-13(3-5-14)17-10-19(26)25-20(18(17)11-24)30-12-22(25,28)15-6-8-16(23)9-7-15/h2-9,17,28H,10,12H2,1H3/t17-,22-/m1/s1. The van der Waals surface area contributed by atoms with E-state index in [4.69, 9.17) is 4.74 Å². The molecule has 8 heteroatoms. The fourth-order valence-electron chi connectivity index (χ4n) is 3.81. The van der Waals surface area contributed by atoms with Crippen molar-refractivity contribution < 1.29 is 23.8 Å². The van der Waals surface area contributed by atoms with E-state index in [1.54, 1.807) is 24.3 Å². The molecule has 0 aromatic heterocycles. The number of ether oxygens (including phenoxy) is 1. The highest BCUT2D eigenvalue weighted by molar-refractivity contribution is 8.03. The maximum atomic E-state index is 13.3. The zero-order valence-electron chi connectivity index (χ0n) is 16.0. The zero-order chi connectivity index (χ0) is 21.5. The summed E-state index contributed by atoms with van der Waals surface area (Å²) in [5.41, 5.74) is 0.211. The third-order valence-electron chi connectivity index (χ3n) is 5.35. The Morgan fingerprint density at radius 1 is 1.27 bits per heavy atom. The van der Waals surface area contributed by atoms with Gasteiger partial charge in [0.05, 0.1) is 35.1 Å². The number of halogens is 1. The first-order valence-corrected chi connectivity index (χ1v) is 10.1. The van der Waals surface area contributed by atoms with Gasteiger partial charge in [0.1, 0.15) is 5.82 Å². The van der Waals surface area contributed by atoms with E-state index in [2.05, 4.69) is 6.07 Å². The molecule has 0 saturated carbocycles. The van der Waals surface area contributed by atoms with E-state index in [-0.39, 0.29) is 18.1 Å². The number of fused-ring (bicyclic) bond motifs is 1. The molecule has 2 aromatic rings. The van der Waals surface area contributed by atoms with Crippen LogP contribution in [0.4, 0.5) is 4.39 Å². The average molecular weight is 424 g/mol. The van der Waals surface area contributed by atoms with Gasteiger partial charge in [-0.3, -0.25) is 9.69 Å². The van der Waals surface area contributed by atoms with Crippen LogP contribution in [0, 0.1) is 17.1 Å². The second-order valence-electron chi connectivity index (χ2n) is 7.04. The van der Waals surface area contributed by atoms with Crippen molar-refractivity contribution in [3.8, 4) is 6.07 Å². The quantitative estimate of drug-likeness (QED) is 0.761. The summed E-state index contributed by atoms with van der Waals surface area (Å²) in [5.74, 6) is -1.59. The minimum atomic E-state index is -1.65. The Balaban J connectivity index is 1.73. The first-order chi connectivity index (χ1) is 14.4. The molecule has 0 radical (unpaired) electrons. The van der Waals surface area contributed by atoms with E-state index in [1.165, 1.54) is 48.0 Å². The Kier molecular flexibility index (Phi) is 5.10. The number of nitriles is 1. The summed E-state index contributed by atoms with van der Waals surface area (Å²) in [7, 11) is 1.29. The molecule has 1 saturated heterocycles. The maximum Gasteiger partial charge on any atom is 0.337 e. The lowest BCUT2D eigenvalue weighted by molar-refractivity contribution is -0.149. The molecule has 152 valence electrons. The summed E-state index contributed by atoms with van der Waals surface area (Å²) < 4.78 is 18.0. The zero-order valence-corrected chi connectivity index (χ0v) is 16.8. The number of esters is 1. The van der Waals surface area contributed by atoms with E-state index < -0.39 is 23.4 Å². The van der Waals surface area contributed by atoms with E-state index in [9.17, 15) is 24.3 Å². The Morgan fingerprint density at radius 3 is 2.53 bits per heavy atom. The van der Waals surface area contributed by atoms with Crippen molar-refractivity contribution in [1.29, 1.82) is 5.26 Å². The summed E-state index contributed by atoms with van der Waals surface area (Å²) in [5, 5.41) is 21.5. The second kappa shape index (κ2) is 7.59. The predicted molar refractivity (Wildman–Crippen MR) is 107 cm³/mol. The molecule has 2 atom stereocenters. The SMILES string of the molecule is COC(=O)c1ccc([C@H]2CC(=O)N3C(=C2C#N)SC[C@@]3(O)c2ccc(F)cc2)cc1. The third kappa shape index (κ3) is 3.16. The largest absolute Gasteiger partial charge is 0.465 e. The molecule has 1 amide bonds. The fourth-order valence-corrected chi connectivity index (χ4v) is 5.17. The van der Waals surface area contributed by atoms with E-state index in [0.29, 0.717) is 21.7 Å². The normalized spacial score (nSPS) is 23.2. The molecule has 2 aromatic carbocycles. The highest BCUT2D eigenvalue weighted by Gasteiger charge is 2.51. The smallest absolute Gasteiger partial charge is 0.337 e.